The summed E-state index contributed by atoms with van der Waals surface area (Å²) in [6, 6.07) is 5.68. The van der Waals surface area contributed by atoms with Crippen molar-refractivity contribution in [3.05, 3.63) is 48.2 Å². The molecule has 0 amide bonds. The number of hydrogen-bond acceptors (Lipinski definition) is 3. The minimum atomic E-state index is -1.53. The van der Waals surface area contributed by atoms with Crippen molar-refractivity contribution in [2.45, 2.75) is 38.0 Å². The topological polar surface area (TPSA) is 56.1 Å². The van der Waals surface area contributed by atoms with Gasteiger partial charge in [-0.05, 0) is 24.1 Å². The quantitative estimate of drug-likeness (QED) is 0.475. The number of benzene rings is 1. The van der Waals surface area contributed by atoms with Crippen molar-refractivity contribution >= 4 is 28.8 Å². The number of fused-ring (bicyclic) bond motifs is 3. The summed E-state index contributed by atoms with van der Waals surface area (Å²) >= 11 is 0. The molecule has 0 aliphatic heterocycles. The molecule has 0 radical (unpaired) electrons. The Bertz CT molecular complexity index is 1010. The van der Waals surface area contributed by atoms with Crippen molar-refractivity contribution in [3.63, 3.8) is 0 Å². The van der Waals surface area contributed by atoms with Gasteiger partial charge in [-0.15, -0.1) is 6.58 Å². The first-order valence-electron chi connectivity index (χ1n) is 8.93. The lowest BCUT2D eigenvalue weighted by Gasteiger charge is -2.48. The SMILES string of the molecule is C=C[C@]1(C)C(=O)C[C@H]2C(=O)[C@@]1(C=O)c1cccc3c1c(cn3C)C2(C)C. The van der Waals surface area contributed by atoms with Crippen LogP contribution >= 0.6 is 0 Å². The Labute approximate surface area is 152 Å². The molecule has 1 aromatic heterocycles. The highest BCUT2D eigenvalue weighted by Crippen LogP contribution is 2.58. The monoisotopic (exact) mass is 349 g/mol. The zero-order chi connectivity index (χ0) is 19.1. The van der Waals surface area contributed by atoms with E-state index in [0.717, 1.165) is 16.5 Å². The maximum Gasteiger partial charge on any atom is 0.156 e. The first-order chi connectivity index (χ1) is 12.2. The average Bonchev–Trinajstić information content (AvgIpc) is 2.95. The van der Waals surface area contributed by atoms with Crippen LogP contribution < -0.4 is 0 Å². The lowest BCUT2D eigenvalue weighted by molar-refractivity contribution is -0.152. The van der Waals surface area contributed by atoms with E-state index in [2.05, 4.69) is 6.58 Å². The third-order valence-electron chi connectivity index (χ3n) is 7.08. The number of carbonyl (C=O) groups is 3. The summed E-state index contributed by atoms with van der Waals surface area (Å²) < 4.78 is 2.03. The first kappa shape index (κ1) is 17.0. The summed E-state index contributed by atoms with van der Waals surface area (Å²) in [6.07, 6.45) is 4.37. The number of aldehydes is 1. The average molecular weight is 349 g/mol. The van der Waals surface area contributed by atoms with Gasteiger partial charge >= 0.3 is 0 Å². The number of nitrogens with zero attached hydrogens (tertiary/aromatic N) is 1. The molecule has 0 spiro atoms. The van der Waals surface area contributed by atoms with E-state index in [0.29, 0.717) is 11.8 Å². The molecule has 1 aromatic carbocycles. The fourth-order valence-corrected chi connectivity index (χ4v) is 5.20. The molecular formula is C22H23NO3. The summed E-state index contributed by atoms with van der Waals surface area (Å²) in [5.74, 6) is -0.791. The summed E-state index contributed by atoms with van der Waals surface area (Å²) in [4.78, 5) is 39.6. The van der Waals surface area contributed by atoms with Crippen LogP contribution in [0.3, 0.4) is 0 Å². The molecule has 4 rings (SSSR count). The first-order valence-corrected chi connectivity index (χ1v) is 8.93. The molecule has 1 saturated carbocycles. The predicted octanol–water partition coefficient (Wildman–Crippen LogP) is 3.26. The maximum absolute atomic E-state index is 13.8. The normalized spacial score (nSPS) is 32.4. The van der Waals surface area contributed by atoms with Crippen LogP contribution in [0.1, 0.15) is 38.3 Å². The van der Waals surface area contributed by atoms with Gasteiger partial charge in [0.2, 0.25) is 0 Å². The van der Waals surface area contributed by atoms with Crippen LogP contribution in [0.25, 0.3) is 10.9 Å². The van der Waals surface area contributed by atoms with E-state index >= 15 is 0 Å². The highest BCUT2D eigenvalue weighted by atomic mass is 16.2. The number of aryl methyl sites for hydroxylation is 1. The van der Waals surface area contributed by atoms with E-state index in [1.165, 1.54) is 6.08 Å². The summed E-state index contributed by atoms with van der Waals surface area (Å²) in [7, 11) is 1.97. The van der Waals surface area contributed by atoms with Gasteiger partial charge in [0.15, 0.2) is 5.78 Å². The number of ketones is 2. The van der Waals surface area contributed by atoms with E-state index in [1.807, 2.05) is 49.9 Å². The third-order valence-corrected chi connectivity index (χ3v) is 7.08. The van der Waals surface area contributed by atoms with E-state index in [4.69, 9.17) is 0 Å². The Balaban J connectivity index is 2.29. The number of allylic oxidation sites excluding steroid dienone is 1. The summed E-state index contributed by atoms with van der Waals surface area (Å²) in [6.45, 7) is 9.53. The Morgan fingerprint density at radius 3 is 2.50 bits per heavy atom. The van der Waals surface area contributed by atoms with Gasteiger partial charge in [0.05, 0.1) is 5.41 Å². The molecule has 2 aliphatic rings. The number of Topliss-reactive ketones (excluding diaryl/α,β-unsaturated/α-hetero) is 2. The van der Waals surface area contributed by atoms with Gasteiger partial charge in [-0.2, -0.15) is 0 Å². The van der Waals surface area contributed by atoms with Crippen molar-refractivity contribution in [1.82, 2.24) is 4.57 Å². The van der Waals surface area contributed by atoms with Gasteiger partial charge in [0.25, 0.3) is 0 Å². The van der Waals surface area contributed by atoms with Crippen molar-refractivity contribution in [2.75, 3.05) is 0 Å². The molecule has 2 aromatic rings. The van der Waals surface area contributed by atoms with Crippen LogP contribution in [-0.4, -0.2) is 22.4 Å². The fraction of sp³-hybridized carbons (Fsp3) is 0.409. The fourth-order valence-electron chi connectivity index (χ4n) is 5.20. The standard InChI is InChI=1S/C22H23NO3/c1-6-21(4)17(25)10-14-19(26)22(21,12-24)13-8-7-9-16-18(13)15(11-23(16)5)20(14,2)3/h6-9,11-12,14H,1,10H2,2-5H3/t14-,21+,22+/m0/s1. The van der Waals surface area contributed by atoms with Gasteiger partial charge < -0.3 is 9.36 Å². The Hall–Kier alpha value is -2.49. The highest BCUT2D eigenvalue weighted by molar-refractivity contribution is 6.19. The van der Waals surface area contributed by atoms with E-state index < -0.39 is 22.2 Å². The van der Waals surface area contributed by atoms with Crippen LogP contribution in [0.2, 0.25) is 0 Å². The van der Waals surface area contributed by atoms with E-state index in [-0.39, 0.29) is 18.0 Å². The van der Waals surface area contributed by atoms with Gasteiger partial charge in [-0.3, -0.25) is 9.59 Å². The van der Waals surface area contributed by atoms with Crippen LogP contribution in [-0.2, 0) is 32.3 Å². The van der Waals surface area contributed by atoms with Crippen molar-refractivity contribution < 1.29 is 14.4 Å². The molecule has 0 saturated heterocycles. The molecule has 2 bridgehead atoms. The molecule has 0 unspecified atom stereocenters. The van der Waals surface area contributed by atoms with Crippen molar-refractivity contribution in [3.8, 4) is 0 Å². The van der Waals surface area contributed by atoms with Crippen molar-refractivity contribution in [2.24, 2.45) is 18.4 Å². The van der Waals surface area contributed by atoms with E-state index in [1.54, 1.807) is 6.92 Å². The summed E-state index contributed by atoms with van der Waals surface area (Å²) in [5, 5.41) is 0.922. The molecule has 4 nitrogen and oxygen atoms in total. The molecule has 1 heterocycles. The molecule has 0 N–H and O–H groups in total. The molecule has 1 fully saturated rings. The van der Waals surface area contributed by atoms with Gasteiger partial charge in [0, 0.05) is 41.9 Å². The Kier molecular flexibility index (Phi) is 3.14. The highest BCUT2D eigenvalue weighted by Gasteiger charge is 2.66. The zero-order valence-electron chi connectivity index (χ0n) is 15.6. The second-order valence-corrected chi connectivity index (χ2v) is 8.45. The summed E-state index contributed by atoms with van der Waals surface area (Å²) in [5.41, 5.74) is -0.700. The Morgan fingerprint density at radius 1 is 1.19 bits per heavy atom. The Morgan fingerprint density at radius 2 is 1.88 bits per heavy atom. The van der Waals surface area contributed by atoms with Crippen LogP contribution in [0.15, 0.2) is 37.1 Å². The lowest BCUT2D eigenvalue weighted by atomic mass is 9.49. The lowest BCUT2D eigenvalue weighted by Crippen LogP contribution is -2.62. The molecule has 4 heteroatoms. The smallest absolute Gasteiger partial charge is 0.156 e. The second kappa shape index (κ2) is 4.81. The number of carbonyl (C=O) groups excluding carboxylic acids is 3. The minimum absolute atomic E-state index is 0.0937. The van der Waals surface area contributed by atoms with Gasteiger partial charge in [-0.1, -0.05) is 32.1 Å². The molecule has 2 aliphatic carbocycles. The minimum Gasteiger partial charge on any atom is -0.350 e. The number of hydrogen-bond donors (Lipinski definition) is 0. The van der Waals surface area contributed by atoms with Crippen LogP contribution in [0.5, 0.6) is 0 Å². The largest absolute Gasteiger partial charge is 0.350 e. The second-order valence-electron chi connectivity index (χ2n) is 8.45. The molecular weight excluding hydrogens is 326 g/mol. The number of rotatable bonds is 2. The number of aromatic nitrogens is 1. The third kappa shape index (κ3) is 1.55. The van der Waals surface area contributed by atoms with Gasteiger partial charge in [0.1, 0.15) is 17.5 Å². The van der Waals surface area contributed by atoms with Gasteiger partial charge in [-0.25, -0.2) is 0 Å². The van der Waals surface area contributed by atoms with Crippen molar-refractivity contribution in [1.29, 1.82) is 0 Å². The van der Waals surface area contributed by atoms with Crippen LogP contribution in [0, 0.1) is 11.3 Å². The molecule has 134 valence electrons. The molecule has 3 atom stereocenters. The predicted molar refractivity (Wildman–Crippen MR) is 100 cm³/mol. The maximum atomic E-state index is 13.8. The van der Waals surface area contributed by atoms with Crippen LogP contribution in [0.4, 0.5) is 0 Å². The zero-order valence-corrected chi connectivity index (χ0v) is 15.6. The molecule has 26 heavy (non-hydrogen) atoms. The van der Waals surface area contributed by atoms with E-state index in [9.17, 15) is 14.4 Å².